The van der Waals surface area contributed by atoms with Crippen molar-refractivity contribution in [1.82, 2.24) is 4.57 Å². The zero-order valence-electron chi connectivity index (χ0n) is 49.6. The fourth-order valence-corrected chi connectivity index (χ4v) is 14.6. The summed E-state index contributed by atoms with van der Waals surface area (Å²) in [7, 11) is 2.56. The van der Waals surface area contributed by atoms with Gasteiger partial charge in [-0.25, -0.2) is 0 Å². The third kappa shape index (κ3) is 7.70. The van der Waals surface area contributed by atoms with Gasteiger partial charge in [0.15, 0.2) is 7.28 Å². The van der Waals surface area contributed by atoms with Gasteiger partial charge in [-0.3, -0.25) is 0 Å². The summed E-state index contributed by atoms with van der Waals surface area (Å²) in [4.78, 5) is 0. The van der Waals surface area contributed by atoms with Crippen LogP contribution in [0.5, 0.6) is 0 Å². The Hall–Kier alpha value is -6.58. The Labute approximate surface area is 467 Å². The van der Waals surface area contributed by atoms with Crippen LogP contribution in [-0.4, -0.2) is 11.8 Å². The maximum absolute atomic E-state index is 4.17. The van der Waals surface area contributed by atoms with Crippen LogP contribution in [0.15, 0.2) is 140 Å². The van der Waals surface area contributed by atoms with Crippen molar-refractivity contribution >= 4 is 51.4 Å². The Kier molecular flexibility index (Phi) is 10.9. The van der Waals surface area contributed by atoms with Crippen LogP contribution >= 0.6 is 0 Å². The largest absolute Gasteiger partial charge is 0.355 e. The van der Waals surface area contributed by atoms with Crippen molar-refractivity contribution in [3.8, 4) is 50.2 Å². The van der Waals surface area contributed by atoms with Gasteiger partial charge in [-0.05, 0) is 202 Å². The quantitative estimate of drug-likeness (QED) is 0.170. The second-order valence-corrected chi connectivity index (χ2v) is 29.4. The molecule has 1 radical (unpaired) electrons. The van der Waals surface area contributed by atoms with E-state index < -0.39 is 0 Å². The van der Waals surface area contributed by atoms with Gasteiger partial charge in [-0.15, -0.1) is 0 Å². The first-order valence-corrected chi connectivity index (χ1v) is 29.3. The molecule has 3 heteroatoms. The summed E-state index contributed by atoms with van der Waals surface area (Å²) in [6, 6.07) is 55.1. The van der Waals surface area contributed by atoms with Crippen LogP contribution in [-0.2, 0) is 37.9 Å². The average molecular weight is 1020 g/mol. The van der Waals surface area contributed by atoms with Gasteiger partial charge in [0.25, 0.3) is 0 Å². The molecule has 8 aromatic carbocycles. The van der Waals surface area contributed by atoms with E-state index in [-0.39, 0.29) is 37.9 Å². The molecule has 0 bridgehead atoms. The normalized spacial score (nSPS) is 17.9. The maximum Gasteiger partial charge on any atom is 0.197 e. The lowest BCUT2D eigenvalue weighted by molar-refractivity contribution is 0.331. The van der Waals surface area contributed by atoms with Gasteiger partial charge in [0, 0.05) is 44.3 Å². The molecule has 0 fully saturated rings. The number of benzene rings is 8. The van der Waals surface area contributed by atoms with E-state index in [0.717, 1.165) is 24.2 Å². The molecule has 13 rings (SSSR count). The molecule has 4 aliphatic rings. The number of hydrogen-bond donors (Lipinski definition) is 1. The van der Waals surface area contributed by atoms with E-state index >= 15 is 0 Å². The molecule has 2 nitrogen and oxygen atoms in total. The lowest BCUT2D eigenvalue weighted by Crippen LogP contribution is -2.38. The van der Waals surface area contributed by atoms with E-state index in [4.69, 9.17) is 0 Å². The highest BCUT2D eigenvalue weighted by Crippen LogP contribution is 2.57. The number of rotatable bonds is 5. The molecule has 0 amide bonds. The summed E-state index contributed by atoms with van der Waals surface area (Å²) < 4.78 is 2.69. The molecule has 0 atom stereocenters. The second kappa shape index (κ2) is 16.7. The third-order valence-corrected chi connectivity index (χ3v) is 19.9. The number of aromatic nitrogens is 1. The molecule has 1 aliphatic heterocycles. The van der Waals surface area contributed by atoms with Crippen LogP contribution in [0, 0.1) is 0 Å². The van der Waals surface area contributed by atoms with Crippen molar-refractivity contribution < 1.29 is 0 Å². The standard InChI is InChI=1S/C75H80BN2/c1-69(2,3)45-26-29-47(30-27-45)77-63-41-51-50-38-58-60(73(11,12)34-32-71(58,7)8)42-57(50)75(15,16)56(51)39-52(63)54-37-53(49-25-21-20-24-48(49)44-22-18-17-19-23-44)66-55-40-59-61(74(13,14)35-33-72(59,9)10)43-65(55)78-64-31-28-46(70(4,5)6)36-62(64)76-67(54)68(66)78/h17-31,36-43,77H,32-35H2,1-16H3. The minimum atomic E-state index is -0.241. The maximum atomic E-state index is 4.17. The monoisotopic (exact) mass is 1020 g/mol. The molecule has 0 unspecified atom stereocenters. The summed E-state index contributed by atoms with van der Waals surface area (Å²) in [5, 5.41) is 6.83. The molecule has 0 spiro atoms. The minimum Gasteiger partial charge on any atom is -0.355 e. The lowest BCUT2D eigenvalue weighted by atomic mass is 9.58. The van der Waals surface area contributed by atoms with E-state index in [9.17, 15) is 0 Å². The molecule has 0 saturated heterocycles. The van der Waals surface area contributed by atoms with Gasteiger partial charge < -0.3 is 9.88 Å². The molecule has 9 aromatic rings. The highest BCUT2D eigenvalue weighted by atomic mass is 15.0. The number of hydrogen-bond acceptors (Lipinski definition) is 1. The van der Waals surface area contributed by atoms with Crippen LogP contribution in [0.3, 0.4) is 0 Å². The average Bonchev–Trinajstić information content (AvgIpc) is 3.42. The summed E-state index contributed by atoms with van der Waals surface area (Å²) in [6.45, 7) is 38.7. The summed E-state index contributed by atoms with van der Waals surface area (Å²) in [5.74, 6) is 0. The van der Waals surface area contributed by atoms with Crippen molar-refractivity contribution in [2.45, 2.75) is 174 Å². The highest BCUT2D eigenvalue weighted by molar-refractivity contribution is 6.73. The molecular formula is C75H80BN2. The molecule has 1 N–H and O–H groups in total. The fourth-order valence-electron chi connectivity index (χ4n) is 14.6. The van der Waals surface area contributed by atoms with Crippen LogP contribution < -0.4 is 16.2 Å². The SMILES string of the molecule is CC(C)(C)c1ccc(Nc2cc3c(cc2-c2cc(-c4ccccc4-c4ccccc4)c4c5cc6c(cc5n5c4c2[B]c2cc(C(C)(C)C)ccc2-5)C(C)(C)CCC6(C)C)C(C)(C)c2cc4c(cc2-3)C(C)(C)CCC4(C)C)cc1. The lowest BCUT2D eigenvalue weighted by Gasteiger charge is -2.42. The minimum absolute atomic E-state index is 0.0242. The first-order chi connectivity index (χ1) is 36.6. The summed E-state index contributed by atoms with van der Waals surface area (Å²) in [6.07, 6.45) is 4.70. The van der Waals surface area contributed by atoms with Gasteiger partial charge in [-0.1, -0.05) is 201 Å². The van der Waals surface area contributed by atoms with E-state index in [0.29, 0.717) is 0 Å². The Balaban J connectivity index is 1.18. The highest BCUT2D eigenvalue weighted by Gasteiger charge is 2.44. The van der Waals surface area contributed by atoms with Crippen LogP contribution in [0.1, 0.15) is 181 Å². The first kappa shape index (κ1) is 50.9. The Morgan fingerprint density at radius 2 is 0.962 bits per heavy atom. The molecule has 3 aliphatic carbocycles. The van der Waals surface area contributed by atoms with E-state index in [2.05, 4.69) is 267 Å². The fraction of sp³-hybridized carbons (Fsp3) is 0.360. The van der Waals surface area contributed by atoms with Crippen molar-refractivity contribution in [2.75, 3.05) is 5.32 Å². The number of nitrogens with one attached hydrogen (secondary N) is 1. The van der Waals surface area contributed by atoms with Gasteiger partial charge >= 0.3 is 0 Å². The van der Waals surface area contributed by atoms with Gasteiger partial charge in [0.05, 0.1) is 5.52 Å². The second-order valence-electron chi connectivity index (χ2n) is 29.4. The van der Waals surface area contributed by atoms with Crippen LogP contribution in [0.2, 0.25) is 0 Å². The van der Waals surface area contributed by atoms with Gasteiger partial charge in [0.1, 0.15) is 0 Å². The Morgan fingerprint density at radius 1 is 0.436 bits per heavy atom. The van der Waals surface area contributed by atoms with E-state index in [1.807, 2.05) is 0 Å². The zero-order valence-corrected chi connectivity index (χ0v) is 49.6. The number of anilines is 2. The third-order valence-electron chi connectivity index (χ3n) is 19.9. The topological polar surface area (TPSA) is 17.0 Å². The summed E-state index contributed by atoms with van der Waals surface area (Å²) in [5.41, 5.74) is 30.3. The Bertz CT molecular complexity index is 3990. The number of fused-ring (bicyclic) bond motifs is 10. The number of nitrogens with zero attached hydrogens (tertiary/aromatic N) is 1. The van der Waals surface area contributed by atoms with Crippen LogP contribution in [0.25, 0.3) is 72.0 Å². The zero-order chi connectivity index (χ0) is 55.0. The molecule has 2 heterocycles. The van der Waals surface area contributed by atoms with Gasteiger partial charge in [-0.2, -0.15) is 0 Å². The predicted octanol–water partition coefficient (Wildman–Crippen LogP) is 19.1. The van der Waals surface area contributed by atoms with Crippen molar-refractivity contribution in [1.29, 1.82) is 0 Å². The van der Waals surface area contributed by atoms with E-state index in [1.165, 1.54) is 140 Å². The first-order valence-electron chi connectivity index (χ1n) is 29.3. The van der Waals surface area contributed by atoms with Crippen molar-refractivity contribution in [3.05, 3.63) is 184 Å². The Morgan fingerprint density at radius 3 is 1.59 bits per heavy atom. The van der Waals surface area contributed by atoms with Crippen molar-refractivity contribution in [3.63, 3.8) is 0 Å². The molecule has 393 valence electrons. The van der Waals surface area contributed by atoms with Crippen LogP contribution in [0.4, 0.5) is 11.4 Å². The molecule has 78 heavy (non-hydrogen) atoms. The predicted molar refractivity (Wildman–Crippen MR) is 337 cm³/mol. The summed E-state index contributed by atoms with van der Waals surface area (Å²) >= 11 is 0. The van der Waals surface area contributed by atoms with Gasteiger partial charge in [0.2, 0.25) is 0 Å². The molecular weight excluding hydrogens is 940 g/mol. The molecule has 0 saturated carbocycles. The van der Waals surface area contributed by atoms with E-state index in [1.54, 1.807) is 0 Å². The smallest absolute Gasteiger partial charge is 0.197 e. The molecule has 1 aromatic heterocycles. The van der Waals surface area contributed by atoms with Crippen molar-refractivity contribution in [2.24, 2.45) is 0 Å².